The molecule has 0 spiro atoms. The van der Waals surface area contributed by atoms with E-state index in [1.165, 1.54) is 0 Å². The molecule has 0 aromatic heterocycles. The molecule has 5 heteroatoms. The summed E-state index contributed by atoms with van der Waals surface area (Å²) in [5, 5.41) is 8.57. The Morgan fingerprint density at radius 1 is 1.06 bits per heavy atom. The molecule has 0 aliphatic carbocycles. The molecule has 2 aromatic carbocycles. The van der Waals surface area contributed by atoms with E-state index in [1.54, 1.807) is 42.5 Å². The normalized spacial score (nSPS) is 10.1. The van der Waals surface area contributed by atoms with Crippen molar-refractivity contribution in [3.8, 4) is 11.5 Å². The highest BCUT2D eigenvalue weighted by Gasteiger charge is 2.08. The van der Waals surface area contributed by atoms with Crippen LogP contribution in [0.25, 0.3) is 0 Å². The first-order chi connectivity index (χ1) is 8.56. The quantitative estimate of drug-likeness (QED) is 0.658. The number of benzene rings is 2. The van der Waals surface area contributed by atoms with Crippen LogP contribution in [0.5, 0.6) is 11.5 Å². The van der Waals surface area contributed by atoms with Crippen LogP contribution in [0.15, 0.2) is 42.5 Å². The Hall–Kier alpha value is -1.71. The minimum absolute atomic E-state index is 0.102. The summed E-state index contributed by atoms with van der Waals surface area (Å²) in [6.07, 6.45) is 0. The van der Waals surface area contributed by atoms with Crippen LogP contribution in [0.3, 0.4) is 0 Å². The lowest BCUT2D eigenvalue weighted by molar-refractivity contribution is 0.481. The van der Waals surface area contributed by atoms with Crippen molar-refractivity contribution in [2.24, 2.45) is 5.73 Å². The van der Waals surface area contributed by atoms with Gasteiger partial charge in [0.25, 0.3) is 0 Å². The molecule has 0 bridgehead atoms. The second-order valence-corrected chi connectivity index (χ2v) is 4.49. The molecule has 0 atom stereocenters. The van der Waals surface area contributed by atoms with E-state index in [1.807, 2.05) is 0 Å². The fourth-order valence-corrected chi connectivity index (χ4v) is 1.81. The molecule has 2 rings (SSSR count). The third-order valence-corrected chi connectivity index (χ3v) is 2.73. The van der Waals surface area contributed by atoms with E-state index in [9.17, 15) is 0 Å². The van der Waals surface area contributed by atoms with Crippen molar-refractivity contribution in [2.75, 3.05) is 0 Å². The molecule has 0 saturated heterocycles. The molecule has 0 amide bonds. The van der Waals surface area contributed by atoms with Gasteiger partial charge in [-0.05, 0) is 36.4 Å². The first-order valence-corrected chi connectivity index (χ1v) is 5.89. The van der Waals surface area contributed by atoms with Crippen molar-refractivity contribution in [2.45, 2.75) is 0 Å². The fourth-order valence-electron chi connectivity index (χ4n) is 1.46. The van der Waals surface area contributed by atoms with E-state index in [0.29, 0.717) is 27.1 Å². The van der Waals surface area contributed by atoms with Crippen molar-refractivity contribution in [1.82, 2.24) is 0 Å². The lowest BCUT2D eigenvalue weighted by Gasteiger charge is -2.10. The van der Waals surface area contributed by atoms with Crippen molar-refractivity contribution in [3.63, 3.8) is 0 Å². The molecule has 3 N–H and O–H groups in total. The predicted octanol–water partition coefficient (Wildman–Crippen LogP) is 4.07. The zero-order valence-corrected chi connectivity index (χ0v) is 10.8. The molecule has 92 valence electrons. The highest BCUT2D eigenvalue weighted by atomic mass is 35.5. The zero-order chi connectivity index (χ0) is 13.1. The number of hydrogen-bond acceptors (Lipinski definition) is 2. The Bertz CT molecular complexity index is 599. The molecule has 18 heavy (non-hydrogen) atoms. The van der Waals surface area contributed by atoms with Gasteiger partial charge in [-0.2, -0.15) is 0 Å². The highest BCUT2D eigenvalue weighted by Crippen LogP contribution is 2.28. The molecular weight excluding hydrogens is 271 g/mol. The van der Waals surface area contributed by atoms with E-state index in [2.05, 4.69) is 0 Å². The summed E-state index contributed by atoms with van der Waals surface area (Å²) < 4.78 is 5.64. The fraction of sp³-hybridized carbons (Fsp3) is 0. The monoisotopic (exact) mass is 280 g/mol. The van der Waals surface area contributed by atoms with Gasteiger partial charge in [0.05, 0.1) is 5.56 Å². The minimum atomic E-state index is -0.102. The molecule has 0 saturated carbocycles. The average molecular weight is 281 g/mol. The molecule has 0 aliphatic heterocycles. The number of amidine groups is 1. The molecule has 0 radical (unpaired) electrons. The van der Waals surface area contributed by atoms with Crippen LogP contribution in [0.1, 0.15) is 5.56 Å². The number of nitrogen functional groups attached to an aromatic ring is 1. The van der Waals surface area contributed by atoms with Crippen molar-refractivity contribution in [3.05, 3.63) is 58.1 Å². The summed E-state index contributed by atoms with van der Waals surface area (Å²) in [7, 11) is 0. The van der Waals surface area contributed by atoms with Gasteiger partial charge in [-0.25, -0.2) is 0 Å². The van der Waals surface area contributed by atoms with Gasteiger partial charge < -0.3 is 10.5 Å². The third-order valence-electron chi connectivity index (χ3n) is 2.26. The van der Waals surface area contributed by atoms with E-state index in [-0.39, 0.29) is 5.84 Å². The number of hydrogen-bond donors (Lipinski definition) is 2. The second kappa shape index (κ2) is 5.29. The number of nitrogens with two attached hydrogens (primary N) is 1. The summed E-state index contributed by atoms with van der Waals surface area (Å²) in [5.74, 6) is 0.941. The van der Waals surface area contributed by atoms with Gasteiger partial charge in [0.2, 0.25) is 0 Å². The molecule has 0 heterocycles. The summed E-state index contributed by atoms with van der Waals surface area (Å²) in [6, 6.07) is 11.9. The van der Waals surface area contributed by atoms with Crippen LogP contribution in [0.2, 0.25) is 10.0 Å². The summed E-state index contributed by atoms with van der Waals surface area (Å²) in [5.41, 5.74) is 5.93. The standard InChI is InChI=1S/C13H10Cl2N2O/c14-8-2-1-3-10(6-8)18-12-5-4-9(15)7-11(12)13(16)17/h1-7H,(H3,16,17). The third kappa shape index (κ3) is 2.94. The number of nitrogens with one attached hydrogen (secondary N) is 1. The maximum Gasteiger partial charge on any atom is 0.138 e. The largest absolute Gasteiger partial charge is 0.457 e. The van der Waals surface area contributed by atoms with Crippen LogP contribution < -0.4 is 10.5 Å². The van der Waals surface area contributed by atoms with Crippen LogP contribution in [0.4, 0.5) is 0 Å². The summed E-state index contributed by atoms with van der Waals surface area (Å²) in [4.78, 5) is 0. The smallest absolute Gasteiger partial charge is 0.138 e. The van der Waals surface area contributed by atoms with Gasteiger partial charge in [0, 0.05) is 10.0 Å². The molecule has 0 aliphatic rings. The minimum Gasteiger partial charge on any atom is -0.457 e. The SMILES string of the molecule is N=C(N)c1cc(Cl)ccc1Oc1cccc(Cl)c1. The van der Waals surface area contributed by atoms with Gasteiger partial charge in [-0.1, -0.05) is 29.3 Å². The Morgan fingerprint density at radius 2 is 1.78 bits per heavy atom. The summed E-state index contributed by atoms with van der Waals surface area (Å²) >= 11 is 11.7. The zero-order valence-electron chi connectivity index (χ0n) is 9.28. The van der Waals surface area contributed by atoms with Crippen LogP contribution in [0, 0.1) is 5.41 Å². The van der Waals surface area contributed by atoms with E-state index in [0.717, 1.165) is 0 Å². The van der Waals surface area contributed by atoms with Gasteiger partial charge >= 0.3 is 0 Å². The lowest BCUT2D eigenvalue weighted by atomic mass is 10.2. The molecular formula is C13H10Cl2N2O. The van der Waals surface area contributed by atoms with E-state index < -0.39 is 0 Å². The topological polar surface area (TPSA) is 59.1 Å². The van der Waals surface area contributed by atoms with Crippen molar-refractivity contribution >= 4 is 29.0 Å². The van der Waals surface area contributed by atoms with Gasteiger partial charge in [0.1, 0.15) is 17.3 Å². The summed E-state index contributed by atoms with van der Waals surface area (Å²) in [6.45, 7) is 0. The lowest BCUT2D eigenvalue weighted by Crippen LogP contribution is -2.12. The van der Waals surface area contributed by atoms with Gasteiger partial charge in [-0.15, -0.1) is 0 Å². The maximum absolute atomic E-state index is 7.49. The first kappa shape index (κ1) is 12.7. The van der Waals surface area contributed by atoms with E-state index >= 15 is 0 Å². The van der Waals surface area contributed by atoms with Crippen LogP contribution in [-0.2, 0) is 0 Å². The Kier molecular flexibility index (Phi) is 3.75. The van der Waals surface area contributed by atoms with Crippen molar-refractivity contribution in [1.29, 1.82) is 5.41 Å². The van der Waals surface area contributed by atoms with Crippen LogP contribution >= 0.6 is 23.2 Å². The molecule has 2 aromatic rings. The number of rotatable bonds is 3. The van der Waals surface area contributed by atoms with Crippen molar-refractivity contribution < 1.29 is 4.74 Å². The molecule has 0 unspecified atom stereocenters. The predicted molar refractivity (Wildman–Crippen MR) is 74.0 cm³/mol. The second-order valence-electron chi connectivity index (χ2n) is 3.61. The van der Waals surface area contributed by atoms with Gasteiger partial charge in [-0.3, -0.25) is 5.41 Å². The highest BCUT2D eigenvalue weighted by molar-refractivity contribution is 6.31. The molecule has 3 nitrogen and oxygen atoms in total. The maximum atomic E-state index is 7.49. The first-order valence-electron chi connectivity index (χ1n) is 5.13. The Morgan fingerprint density at radius 3 is 2.44 bits per heavy atom. The molecule has 0 fully saturated rings. The van der Waals surface area contributed by atoms with E-state index in [4.69, 9.17) is 39.1 Å². The van der Waals surface area contributed by atoms with Gasteiger partial charge in [0.15, 0.2) is 0 Å². The average Bonchev–Trinajstić information content (AvgIpc) is 2.31. The Labute approximate surface area is 115 Å². The van der Waals surface area contributed by atoms with Crippen LogP contribution in [-0.4, -0.2) is 5.84 Å². The Balaban J connectivity index is 2.37. The number of ether oxygens (including phenoxy) is 1. The number of halogens is 2.